The quantitative estimate of drug-likeness (QED) is 0.616. The van der Waals surface area contributed by atoms with Gasteiger partial charge >= 0.3 is 5.97 Å². The van der Waals surface area contributed by atoms with Gasteiger partial charge in [0.05, 0.1) is 6.42 Å². The summed E-state index contributed by atoms with van der Waals surface area (Å²) in [5.74, 6) is -0.111. The second kappa shape index (κ2) is 4.57. The van der Waals surface area contributed by atoms with E-state index in [2.05, 4.69) is 11.9 Å². The lowest BCUT2D eigenvalue weighted by Crippen LogP contribution is -2.47. The number of epoxide rings is 1. The fraction of sp³-hybridized carbons (Fsp3) is 0.562. The van der Waals surface area contributed by atoms with Crippen LogP contribution in [0.25, 0.3) is 0 Å². The molecule has 1 aromatic rings. The van der Waals surface area contributed by atoms with Crippen molar-refractivity contribution in [1.82, 2.24) is 4.90 Å². The van der Waals surface area contributed by atoms with Crippen molar-refractivity contribution in [1.29, 1.82) is 0 Å². The number of carbonyl (C=O) groups excluding carboxylic acids is 1. The molecule has 0 spiro atoms. The second-order valence-corrected chi connectivity index (χ2v) is 6.11. The molecule has 3 fully saturated rings. The summed E-state index contributed by atoms with van der Waals surface area (Å²) in [5.41, 5.74) is 1.01. The van der Waals surface area contributed by atoms with Gasteiger partial charge in [0.25, 0.3) is 0 Å². The maximum Gasteiger partial charge on any atom is 0.310 e. The van der Waals surface area contributed by atoms with E-state index in [-0.39, 0.29) is 12.1 Å². The third-order valence-electron chi connectivity index (χ3n) is 4.86. The van der Waals surface area contributed by atoms with Crippen LogP contribution in [-0.2, 0) is 20.7 Å². The molecular formula is C16H19NO3. The van der Waals surface area contributed by atoms with E-state index in [0.717, 1.165) is 18.4 Å². The first-order valence-electron chi connectivity index (χ1n) is 7.33. The number of nitrogens with zero attached hydrogens (tertiary/aromatic N) is 1. The van der Waals surface area contributed by atoms with Gasteiger partial charge in [-0.1, -0.05) is 30.3 Å². The van der Waals surface area contributed by atoms with Crippen molar-refractivity contribution in [3.05, 3.63) is 35.9 Å². The third-order valence-corrected chi connectivity index (χ3v) is 4.86. The fourth-order valence-corrected chi connectivity index (χ4v) is 3.79. The molecule has 3 saturated heterocycles. The highest BCUT2D eigenvalue weighted by Crippen LogP contribution is 2.47. The molecule has 0 aromatic heterocycles. The van der Waals surface area contributed by atoms with Gasteiger partial charge in [0.15, 0.2) is 0 Å². The summed E-state index contributed by atoms with van der Waals surface area (Å²) < 4.78 is 11.3. The number of likely N-dealkylation sites (N-methyl/N-ethyl adjacent to an activating group) is 1. The third kappa shape index (κ3) is 2.03. The van der Waals surface area contributed by atoms with E-state index in [1.807, 2.05) is 30.3 Å². The van der Waals surface area contributed by atoms with Gasteiger partial charge in [-0.15, -0.1) is 0 Å². The van der Waals surface area contributed by atoms with E-state index in [9.17, 15) is 4.79 Å². The van der Waals surface area contributed by atoms with E-state index >= 15 is 0 Å². The van der Waals surface area contributed by atoms with Gasteiger partial charge in [-0.05, 0) is 12.6 Å². The zero-order valence-electron chi connectivity index (χ0n) is 11.6. The molecule has 0 N–H and O–H groups in total. The smallest absolute Gasteiger partial charge is 0.310 e. The minimum atomic E-state index is -0.111. The Morgan fingerprint density at radius 3 is 2.55 bits per heavy atom. The molecule has 4 heteroatoms. The number of carbonyl (C=O) groups is 1. The largest absolute Gasteiger partial charge is 0.462 e. The van der Waals surface area contributed by atoms with Crippen LogP contribution in [-0.4, -0.2) is 48.3 Å². The minimum Gasteiger partial charge on any atom is -0.462 e. The molecule has 3 aliphatic rings. The lowest BCUT2D eigenvalue weighted by molar-refractivity contribution is -0.152. The zero-order chi connectivity index (χ0) is 13.7. The lowest BCUT2D eigenvalue weighted by atomic mass is 9.99. The Hall–Kier alpha value is -1.39. The number of benzene rings is 1. The first-order valence-corrected chi connectivity index (χ1v) is 7.33. The number of hydrogen-bond donors (Lipinski definition) is 0. The van der Waals surface area contributed by atoms with Crippen LogP contribution in [0.3, 0.4) is 0 Å². The Labute approximate surface area is 118 Å². The van der Waals surface area contributed by atoms with Crippen LogP contribution in [0.1, 0.15) is 18.4 Å². The highest BCUT2D eigenvalue weighted by molar-refractivity contribution is 5.72. The normalized spacial score (nSPS) is 38.4. The predicted octanol–water partition coefficient (Wildman–Crippen LogP) is 1.38. The minimum absolute atomic E-state index is 0.0637. The lowest BCUT2D eigenvalue weighted by Gasteiger charge is -2.37. The van der Waals surface area contributed by atoms with Crippen molar-refractivity contribution < 1.29 is 14.3 Å². The Kier molecular flexibility index (Phi) is 2.82. The van der Waals surface area contributed by atoms with E-state index in [1.165, 1.54) is 0 Å². The van der Waals surface area contributed by atoms with Crippen molar-refractivity contribution in [2.24, 2.45) is 0 Å². The predicted molar refractivity (Wildman–Crippen MR) is 73.3 cm³/mol. The number of fused-ring (bicyclic) bond motifs is 5. The Balaban J connectivity index is 1.35. The summed E-state index contributed by atoms with van der Waals surface area (Å²) in [6, 6.07) is 10.6. The van der Waals surface area contributed by atoms with Crippen LogP contribution in [0.4, 0.5) is 0 Å². The molecule has 0 amide bonds. The van der Waals surface area contributed by atoms with E-state index in [1.54, 1.807) is 0 Å². The number of rotatable bonds is 3. The Bertz CT molecular complexity index is 500. The number of esters is 1. The van der Waals surface area contributed by atoms with Gasteiger partial charge in [0, 0.05) is 24.9 Å². The van der Waals surface area contributed by atoms with Crippen LogP contribution in [0, 0.1) is 0 Å². The van der Waals surface area contributed by atoms with Crippen LogP contribution in [0.15, 0.2) is 30.3 Å². The zero-order valence-corrected chi connectivity index (χ0v) is 11.6. The molecule has 106 valence electrons. The van der Waals surface area contributed by atoms with Gasteiger partial charge in [-0.2, -0.15) is 0 Å². The average Bonchev–Trinajstić information content (AvgIpc) is 3.18. The highest BCUT2D eigenvalue weighted by Gasteiger charge is 2.62. The molecular weight excluding hydrogens is 254 g/mol. The summed E-state index contributed by atoms with van der Waals surface area (Å²) in [6.07, 6.45) is 3.04. The van der Waals surface area contributed by atoms with Gasteiger partial charge in [-0.25, -0.2) is 0 Å². The standard InChI is InChI=1S/C16H19NO3/c1-17-12-8-11(9-13(17)16-15(12)20-16)19-14(18)7-10-5-3-2-4-6-10/h2-6,11-13,15-16H,7-9H2,1H3. The highest BCUT2D eigenvalue weighted by atomic mass is 16.6. The molecule has 20 heavy (non-hydrogen) atoms. The molecule has 3 aliphatic heterocycles. The van der Waals surface area contributed by atoms with E-state index in [0.29, 0.717) is 30.7 Å². The molecule has 4 nitrogen and oxygen atoms in total. The second-order valence-electron chi connectivity index (χ2n) is 6.11. The fourth-order valence-electron chi connectivity index (χ4n) is 3.79. The van der Waals surface area contributed by atoms with Crippen molar-refractivity contribution in [3.8, 4) is 0 Å². The maximum absolute atomic E-state index is 12.0. The first kappa shape index (κ1) is 12.4. The molecule has 3 heterocycles. The van der Waals surface area contributed by atoms with Crippen LogP contribution in [0.2, 0.25) is 0 Å². The monoisotopic (exact) mass is 273 g/mol. The van der Waals surface area contributed by atoms with Crippen LogP contribution < -0.4 is 0 Å². The van der Waals surface area contributed by atoms with Crippen molar-refractivity contribution >= 4 is 5.97 Å². The van der Waals surface area contributed by atoms with Gasteiger partial charge in [0.2, 0.25) is 0 Å². The molecule has 2 bridgehead atoms. The summed E-state index contributed by atoms with van der Waals surface area (Å²) in [5, 5.41) is 0. The molecule has 0 saturated carbocycles. The Morgan fingerprint density at radius 2 is 1.90 bits per heavy atom. The molecule has 4 rings (SSSR count). The van der Waals surface area contributed by atoms with Crippen molar-refractivity contribution in [2.45, 2.75) is 49.7 Å². The number of ether oxygens (including phenoxy) is 2. The SMILES string of the molecule is CN1C2CC(OC(=O)Cc3ccccc3)CC1C1OC12. The molecule has 0 aliphatic carbocycles. The molecule has 1 aromatic carbocycles. The summed E-state index contributed by atoms with van der Waals surface area (Å²) in [4.78, 5) is 14.4. The number of morpholine rings is 1. The van der Waals surface area contributed by atoms with Crippen molar-refractivity contribution in [3.63, 3.8) is 0 Å². The summed E-state index contributed by atoms with van der Waals surface area (Å²) >= 11 is 0. The number of hydrogen-bond acceptors (Lipinski definition) is 4. The average molecular weight is 273 g/mol. The van der Waals surface area contributed by atoms with Gasteiger partial charge < -0.3 is 9.47 Å². The van der Waals surface area contributed by atoms with Crippen LogP contribution >= 0.6 is 0 Å². The topological polar surface area (TPSA) is 42.1 Å². The summed E-state index contributed by atoms with van der Waals surface area (Å²) in [6.45, 7) is 0. The van der Waals surface area contributed by atoms with Gasteiger partial charge in [0.1, 0.15) is 18.3 Å². The molecule has 4 unspecified atom stereocenters. The van der Waals surface area contributed by atoms with E-state index in [4.69, 9.17) is 9.47 Å². The number of piperidine rings is 1. The van der Waals surface area contributed by atoms with Crippen molar-refractivity contribution in [2.75, 3.05) is 7.05 Å². The molecule has 0 radical (unpaired) electrons. The van der Waals surface area contributed by atoms with Gasteiger partial charge in [-0.3, -0.25) is 9.69 Å². The summed E-state index contributed by atoms with van der Waals surface area (Å²) in [7, 11) is 2.16. The Morgan fingerprint density at radius 1 is 1.25 bits per heavy atom. The molecule has 4 atom stereocenters. The maximum atomic E-state index is 12.0. The van der Waals surface area contributed by atoms with Crippen LogP contribution in [0.5, 0.6) is 0 Å². The van der Waals surface area contributed by atoms with E-state index < -0.39 is 0 Å². The first-order chi connectivity index (χ1) is 9.72.